The van der Waals surface area contributed by atoms with E-state index in [9.17, 15) is 4.79 Å². The van der Waals surface area contributed by atoms with Crippen molar-refractivity contribution in [1.82, 2.24) is 9.97 Å². The molecule has 0 amide bonds. The zero-order valence-corrected chi connectivity index (χ0v) is 15.6. The molecule has 1 N–H and O–H groups in total. The van der Waals surface area contributed by atoms with Crippen LogP contribution in [0, 0.1) is 0 Å². The number of fused-ring (bicyclic) bond motifs is 1. The minimum atomic E-state index is -1.03. The fourth-order valence-electron chi connectivity index (χ4n) is 2.71. The largest absolute Gasteiger partial charge is 0.477 e. The van der Waals surface area contributed by atoms with Gasteiger partial charge in [-0.3, -0.25) is 0 Å². The Kier molecular flexibility index (Phi) is 5.20. The van der Waals surface area contributed by atoms with Crippen molar-refractivity contribution in [3.05, 3.63) is 52.3 Å². The summed E-state index contributed by atoms with van der Waals surface area (Å²) in [5.74, 6) is -1.03. The van der Waals surface area contributed by atoms with E-state index in [0.717, 1.165) is 34.0 Å². The van der Waals surface area contributed by atoms with Crippen LogP contribution in [0.3, 0.4) is 0 Å². The third kappa shape index (κ3) is 3.75. The summed E-state index contributed by atoms with van der Waals surface area (Å²) in [7, 11) is 0. The number of aromatic nitrogens is 2. The van der Waals surface area contributed by atoms with Gasteiger partial charge in [0.15, 0.2) is 5.13 Å². The molecule has 1 aromatic carbocycles. The maximum absolute atomic E-state index is 11.1. The molecule has 0 atom stereocenters. The molecular formula is C18H18ClN3O2S. The van der Waals surface area contributed by atoms with Crippen molar-refractivity contribution in [2.75, 3.05) is 18.0 Å². The number of rotatable bonds is 6. The van der Waals surface area contributed by atoms with Crippen LogP contribution in [0.1, 0.15) is 35.6 Å². The van der Waals surface area contributed by atoms with Crippen LogP contribution in [-0.2, 0) is 6.42 Å². The Hall–Kier alpha value is -2.18. The van der Waals surface area contributed by atoms with Gasteiger partial charge < -0.3 is 10.0 Å². The fraction of sp³-hybridized carbons (Fsp3) is 0.278. The minimum Gasteiger partial charge on any atom is -0.477 e. The van der Waals surface area contributed by atoms with Gasteiger partial charge in [-0.15, -0.1) is 0 Å². The molecule has 0 bridgehead atoms. The monoisotopic (exact) mass is 375 g/mol. The predicted molar refractivity (Wildman–Crippen MR) is 102 cm³/mol. The Balaban J connectivity index is 2.03. The Morgan fingerprint density at radius 3 is 2.68 bits per heavy atom. The molecule has 5 nitrogen and oxygen atoms in total. The zero-order chi connectivity index (χ0) is 18.0. The van der Waals surface area contributed by atoms with Gasteiger partial charge in [-0.25, -0.2) is 14.8 Å². The number of carboxylic acids is 1. The molecule has 2 aromatic heterocycles. The smallest absolute Gasteiger partial charge is 0.354 e. The molecule has 0 spiro atoms. The van der Waals surface area contributed by atoms with Gasteiger partial charge in [0.05, 0.1) is 10.2 Å². The summed E-state index contributed by atoms with van der Waals surface area (Å²) in [6.45, 7) is 5.98. The average Bonchev–Trinajstić information content (AvgIpc) is 3.00. The van der Waals surface area contributed by atoms with E-state index < -0.39 is 5.97 Å². The maximum Gasteiger partial charge on any atom is 0.354 e. The van der Waals surface area contributed by atoms with Crippen molar-refractivity contribution >= 4 is 44.3 Å². The number of hydrogen-bond donors (Lipinski definition) is 1. The second kappa shape index (κ2) is 7.37. The SMILES string of the molecule is CCN(CC)c1nc2c(Cc3cccc(C(=O)O)n3)cc(Cl)cc2s1. The molecule has 0 radical (unpaired) electrons. The third-order valence-corrected chi connectivity index (χ3v) is 5.24. The molecule has 0 aliphatic rings. The van der Waals surface area contributed by atoms with Gasteiger partial charge in [0, 0.05) is 30.2 Å². The van der Waals surface area contributed by atoms with Gasteiger partial charge in [-0.2, -0.15) is 0 Å². The molecule has 2 heterocycles. The molecule has 0 fully saturated rings. The van der Waals surface area contributed by atoms with Crippen LogP contribution in [-0.4, -0.2) is 34.1 Å². The van der Waals surface area contributed by atoms with Gasteiger partial charge in [0.1, 0.15) is 5.69 Å². The van der Waals surface area contributed by atoms with E-state index in [4.69, 9.17) is 21.7 Å². The normalized spacial score (nSPS) is 11.0. The minimum absolute atomic E-state index is 0.0397. The predicted octanol–water partition coefficient (Wildman–Crippen LogP) is 4.48. The summed E-state index contributed by atoms with van der Waals surface area (Å²) in [6.07, 6.45) is 0.486. The van der Waals surface area contributed by atoms with Gasteiger partial charge in [-0.05, 0) is 43.7 Å². The van der Waals surface area contributed by atoms with Crippen molar-refractivity contribution in [2.45, 2.75) is 20.3 Å². The first-order chi connectivity index (χ1) is 12.0. The third-order valence-electron chi connectivity index (χ3n) is 3.96. The van der Waals surface area contributed by atoms with E-state index in [1.54, 1.807) is 17.4 Å². The number of carboxylic acid groups (broad SMARTS) is 1. The number of benzene rings is 1. The number of thiazole rings is 1. The van der Waals surface area contributed by atoms with Crippen LogP contribution in [0.25, 0.3) is 10.2 Å². The second-order valence-corrected chi connectivity index (χ2v) is 7.02. The molecule has 3 aromatic rings. The van der Waals surface area contributed by atoms with Crippen molar-refractivity contribution in [3.63, 3.8) is 0 Å². The first-order valence-electron chi connectivity index (χ1n) is 8.05. The molecule has 0 saturated carbocycles. The molecule has 0 saturated heterocycles. The number of nitrogens with zero attached hydrogens (tertiary/aromatic N) is 3. The Morgan fingerprint density at radius 1 is 1.24 bits per heavy atom. The number of aromatic carboxylic acids is 1. The summed E-state index contributed by atoms with van der Waals surface area (Å²) in [4.78, 5) is 22.3. The first kappa shape index (κ1) is 17.6. The topological polar surface area (TPSA) is 66.3 Å². The van der Waals surface area contributed by atoms with Crippen molar-refractivity contribution in [3.8, 4) is 0 Å². The first-order valence-corrected chi connectivity index (χ1v) is 9.24. The van der Waals surface area contributed by atoms with Crippen molar-refractivity contribution in [2.24, 2.45) is 0 Å². The Bertz CT molecular complexity index is 922. The summed E-state index contributed by atoms with van der Waals surface area (Å²) in [6, 6.07) is 8.81. The summed E-state index contributed by atoms with van der Waals surface area (Å²) < 4.78 is 1.03. The highest BCUT2D eigenvalue weighted by molar-refractivity contribution is 7.22. The second-order valence-electron chi connectivity index (χ2n) is 5.58. The van der Waals surface area contributed by atoms with Crippen LogP contribution in [0.2, 0.25) is 5.02 Å². The molecule has 0 aliphatic heterocycles. The quantitative estimate of drug-likeness (QED) is 0.688. The molecule has 130 valence electrons. The van der Waals surface area contributed by atoms with Crippen LogP contribution in [0.4, 0.5) is 5.13 Å². The standard InChI is InChI=1S/C18H18ClN3O2S/c1-3-22(4-2)18-21-16-11(8-12(19)10-15(16)25-18)9-13-6-5-7-14(20-13)17(23)24/h5-8,10H,3-4,9H2,1-2H3,(H,23,24). The van der Waals surface area contributed by atoms with Gasteiger partial charge in [0.25, 0.3) is 0 Å². The van der Waals surface area contributed by atoms with Gasteiger partial charge in [0.2, 0.25) is 0 Å². The van der Waals surface area contributed by atoms with Gasteiger partial charge in [-0.1, -0.05) is 29.0 Å². The average molecular weight is 376 g/mol. The Labute approximate surface area is 154 Å². The number of anilines is 1. The lowest BCUT2D eigenvalue weighted by molar-refractivity contribution is 0.0690. The summed E-state index contributed by atoms with van der Waals surface area (Å²) in [5.41, 5.74) is 2.57. The highest BCUT2D eigenvalue weighted by Crippen LogP contribution is 2.34. The number of halogens is 1. The van der Waals surface area contributed by atoms with E-state index in [1.807, 2.05) is 18.2 Å². The van der Waals surface area contributed by atoms with E-state index in [2.05, 4.69) is 23.7 Å². The van der Waals surface area contributed by atoms with Crippen molar-refractivity contribution < 1.29 is 9.90 Å². The maximum atomic E-state index is 11.1. The van der Waals surface area contributed by atoms with E-state index >= 15 is 0 Å². The highest BCUT2D eigenvalue weighted by atomic mass is 35.5. The summed E-state index contributed by atoms with van der Waals surface area (Å²) >= 11 is 7.90. The van der Waals surface area contributed by atoms with E-state index in [0.29, 0.717) is 17.1 Å². The zero-order valence-electron chi connectivity index (χ0n) is 14.0. The highest BCUT2D eigenvalue weighted by Gasteiger charge is 2.14. The van der Waals surface area contributed by atoms with Gasteiger partial charge >= 0.3 is 5.97 Å². The van der Waals surface area contributed by atoms with Crippen LogP contribution in [0.5, 0.6) is 0 Å². The number of pyridine rings is 1. The van der Waals surface area contributed by atoms with Crippen LogP contribution in [0.15, 0.2) is 30.3 Å². The molecule has 3 rings (SSSR count). The van der Waals surface area contributed by atoms with Crippen LogP contribution >= 0.6 is 22.9 Å². The van der Waals surface area contributed by atoms with E-state index in [1.165, 1.54) is 6.07 Å². The molecule has 0 aliphatic carbocycles. The lowest BCUT2D eigenvalue weighted by Crippen LogP contribution is -2.21. The fourth-order valence-corrected chi connectivity index (χ4v) is 4.19. The number of carbonyl (C=O) groups is 1. The summed E-state index contributed by atoms with van der Waals surface area (Å²) in [5, 5.41) is 10.7. The molecule has 7 heteroatoms. The molecule has 0 unspecified atom stereocenters. The number of hydrogen-bond acceptors (Lipinski definition) is 5. The van der Waals surface area contributed by atoms with Crippen LogP contribution < -0.4 is 4.90 Å². The lowest BCUT2D eigenvalue weighted by atomic mass is 10.1. The molecule has 25 heavy (non-hydrogen) atoms. The van der Waals surface area contributed by atoms with Crippen molar-refractivity contribution in [1.29, 1.82) is 0 Å². The molecular weight excluding hydrogens is 358 g/mol. The lowest BCUT2D eigenvalue weighted by Gasteiger charge is -2.16. The Morgan fingerprint density at radius 2 is 2.00 bits per heavy atom. The van der Waals surface area contributed by atoms with E-state index in [-0.39, 0.29) is 5.69 Å².